The molecule has 1 fully saturated rings. The third-order valence-corrected chi connectivity index (χ3v) is 4.72. The molecular formula is C16H21F2NO6S. The largest absolute Gasteiger partial charge is 0.465 e. The Labute approximate surface area is 150 Å². The fourth-order valence-corrected chi connectivity index (χ4v) is 3.38. The van der Waals surface area contributed by atoms with Gasteiger partial charge in [0.1, 0.15) is 0 Å². The summed E-state index contributed by atoms with van der Waals surface area (Å²) >= 11 is 0. The van der Waals surface area contributed by atoms with Gasteiger partial charge in [0.25, 0.3) is 10.1 Å². The topological polar surface area (TPSA) is 93.1 Å². The van der Waals surface area contributed by atoms with Crippen LogP contribution in [0.2, 0.25) is 0 Å². The molecule has 1 aliphatic rings. The molecule has 0 aromatic heterocycles. The number of halogens is 2. The van der Waals surface area contributed by atoms with E-state index in [9.17, 15) is 27.1 Å². The van der Waals surface area contributed by atoms with Gasteiger partial charge in [-0.15, -0.1) is 0 Å². The normalized spacial score (nSPS) is 19.3. The predicted molar refractivity (Wildman–Crippen MR) is 88.2 cm³/mol. The van der Waals surface area contributed by atoms with Gasteiger partial charge in [-0.3, -0.25) is 4.18 Å². The summed E-state index contributed by atoms with van der Waals surface area (Å²) in [6, 6.07) is 3.70. The lowest BCUT2D eigenvalue weighted by Crippen LogP contribution is -2.41. The van der Waals surface area contributed by atoms with Crippen LogP contribution in [0.25, 0.3) is 0 Å². The number of hydrogen-bond donors (Lipinski definition) is 1. The Morgan fingerprint density at radius 2 is 2.12 bits per heavy atom. The summed E-state index contributed by atoms with van der Waals surface area (Å²) < 4.78 is 60.1. The highest BCUT2D eigenvalue weighted by Crippen LogP contribution is 2.34. The maximum Gasteiger partial charge on any atom is 0.407 e. The van der Waals surface area contributed by atoms with Crippen LogP contribution in [0.5, 0.6) is 0 Å². The van der Waals surface area contributed by atoms with E-state index in [4.69, 9.17) is 4.74 Å². The van der Waals surface area contributed by atoms with Crippen molar-refractivity contribution in [2.24, 2.45) is 5.92 Å². The van der Waals surface area contributed by atoms with Gasteiger partial charge in [-0.2, -0.15) is 8.42 Å². The number of amides is 1. The molecule has 1 aromatic rings. The maximum atomic E-state index is 14.2. The Morgan fingerprint density at radius 1 is 1.38 bits per heavy atom. The number of piperidine rings is 1. The number of nitrogens with zero attached hydrogens (tertiary/aromatic N) is 1. The molecule has 0 radical (unpaired) electrons. The molecule has 146 valence electrons. The van der Waals surface area contributed by atoms with Crippen LogP contribution in [0.3, 0.4) is 0 Å². The van der Waals surface area contributed by atoms with Crippen molar-refractivity contribution in [3.8, 4) is 0 Å². The van der Waals surface area contributed by atoms with E-state index in [2.05, 4.69) is 4.18 Å². The number of ether oxygens (including phenoxy) is 1. The fraction of sp³-hybridized carbons (Fsp3) is 0.562. The van der Waals surface area contributed by atoms with E-state index in [-0.39, 0.29) is 25.3 Å². The van der Waals surface area contributed by atoms with E-state index in [0.29, 0.717) is 19.4 Å². The minimum absolute atomic E-state index is 0.0263. The summed E-state index contributed by atoms with van der Waals surface area (Å²) in [6.45, 7) is 0.0309. The van der Waals surface area contributed by atoms with E-state index in [1.54, 1.807) is 0 Å². The third kappa shape index (κ3) is 5.61. The van der Waals surface area contributed by atoms with E-state index in [1.165, 1.54) is 17.0 Å². The van der Waals surface area contributed by atoms with Gasteiger partial charge in [0, 0.05) is 24.6 Å². The van der Waals surface area contributed by atoms with Crippen LogP contribution in [0, 0.1) is 17.6 Å². The predicted octanol–water partition coefficient (Wildman–Crippen LogP) is 2.39. The van der Waals surface area contributed by atoms with Gasteiger partial charge < -0.3 is 14.7 Å². The average Bonchev–Trinajstić information content (AvgIpc) is 2.57. The Hall–Kier alpha value is -1.78. The van der Waals surface area contributed by atoms with Crippen LogP contribution in [-0.2, 0) is 19.0 Å². The second-order valence-electron chi connectivity index (χ2n) is 6.09. The summed E-state index contributed by atoms with van der Waals surface area (Å²) in [6.07, 6.45) is 0.0117. The highest BCUT2D eigenvalue weighted by molar-refractivity contribution is 7.85. The van der Waals surface area contributed by atoms with Gasteiger partial charge in [-0.1, -0.05) is 12.1 Å². The van der Waals surface area contributed by atoms with Gasteiger partial charge in [-0.05, 0) is 18.9 Å². The van der Waals surface area contributed by atoms with Crippen LogP contribution in [0.1, 0.15) is 24.5 Å². The van der Waals surface area contributed by atoms with Crippen LogP contribution in [0.4, 0.5) is 13.6 Å². The molecule has 2 rings (SSSR count). The van der Waals surface area contributed by atoms with Crippen molar-refractivity contribution in [2.75, 3.05) is 32.6 Å². The van der Waals surface area contributed by atoms with E-state index in [0.717, 1.165) is 12.3 Å². The quantitative estimate of drug-likeness (QED) is 0.565. The fourth-order valence-electron chi connectivity index (χ4n) is 3.01. The first-order valence-corrected chi connectivity index (χ1v) is 9.88. The van der Waals surface area contributed by atoms with Crippen molar-refractivity contribution in [1.29, 1.82) is 0 Å². The van der Waals surface area contributed by atoms with E-state index < -0.39 is 39.9 Å². The van der Waals surface area contributed by atoms with Gasteiger partial charge in [0.15, 0.2) is 11.6 Å². The zero-order valence-corrected chi connectivity index (χ0v) is 15.0. The zero-order valence-electron chi connectivity index (χ0n) is 14.2. The Balaban J connectivity index is 2.18. The lowest BCUT2D eigenvalue weighted by atomic mass is 9.88. The summed E-state index contributed by atoms with van der Waals surface area (Å²) in [4.78, 5) is 12.4. The smallest absolute Gasteiger partial charge is 0.407 e. The van der Waals surface area contributed by atoms with Crippen molar-refractivity contribution in [3.63, 3.8) is 0 Å². The molecule has 0 spiro atoms. The van der Waals surface area contributed by atoms with Crippen LogP contribution in [0.15, 0.2) is 18.2 Å². The zero-order chi connectivity index (χ0) is 19.3. The number of benzene rings is 1. The minimum Gasteiger partial charge on any atom is -0.465 e. The monoisotopic (exact) mass is 393 g/mol. The Kier molecular flexibility index (Phi) is 6.90. The maximum absolute atomic E-state index is 14.2. The first-order valence-electron chi connectivity index (χ1n) is 8.07. The Morgan fingerprint density at radius 3 is 2.77 bits per heavy atom. The summed E-state index contributed by atoms with van der Waals surface area (Å²) in [5.74, 6) is -2.49. The van der Waals surface area contributed by atoms with Crippen molar-refractivity contribution in [2.45, 2.75) is 18.9 Å². The van der Waals surface area contributed by atoms with E-state index >= 15 is 0 Å². The number of carbonyl (C=O) groups is 1. The second kappa shape index (κ2) is 8.74. The molecule has 1 amide bonds. The van der Waals surface area contributed by atoms with E-state index in [1.807, 2.05) is 0 Å². The number of carboxylic acid groups (broad SMARTS) is 1. The highest BCUT2D eigenvalue weighted by Gasteiger charge is 2.33. The molecule has 2 unspecified atom stereocenters. The van der Waals surface area contributed by atoms with Crippen LogP contribution < -0.4 is 0 Å². The molecule has 10 heteroatoms. The molecule has 2 atom stereocenters. The molecule has 1 aliphatic heterocycles. The number of hydrogen-bond acceptors (Lipinski definition) is 5. The van der Waals surface area contributed by atoms with Gasteiger partial charge in [0.2, 0.25) is 0 Å². The lowest BCUT2D eigenvalue weighted by Gasteiger charge is -2.35. The molecule has 1 saturated heterocycles. The molecule has 0 saturated carbocycles. The first kappa shape index (κ1) is 20.5. The molecule has 0 bridgehead atoms. The van der Waals surface area contributed by atoms with Crippen molar-refractivity contribution in [3.05, 3.63) is 35.4 Å². The summed E-state index contributed by atoms with van der Waals surface area (Å²) in [5, 5.41) is 9.18. The molecule has 26 heavy (non-hydrogen) atoms. The molecule has 0 aliphatic carbocycles. The highest BCUT2D eigenvalue weighted by atomic mass is 32.2. The SMILES string of the molecule is CS(=O)(=O)OCCOC(c1cccc(F)c1F)C1CCCN(C(=O)O)C1. The van der Waals surface area contributed by atoms with Gasteiger partial charge >= 0.3 is 6.09 Å². The average molecular weight is 393 g/mol. The number of rotatable bonds is 7. The summed E-state index contributed by atoms with van der Waals surface area (Å²) in [7, 11) is -3.65. The molecular weight excluding hydrogens is 372 g/mol. The first-order chi connectivity index (χ1) is 12.2. The number of likely N-dealkylation sites (tertiary alicyclic amines) is 1. The van der Waals surface area contributed by atoms with Crippen molar-refractivity contribution < 1.29 is 36.0 Å². The van der Waals surface area contributed by atoms with Crippen LogP contribution >= 0.6 is 0 Å². The van der Waals surface area contributed by atoms with Crippen LogP contribution in [-0.4, -0.2) is 57.1 Å². The Bertz CT molecular complexity index is 742. The van der Waals surface area contributed by atoms with Crippen molar-refractivity contribution in [1.82, 2.24) is 4.90 Å². The molecule has 1 N–H and O–H groups in total. The molecule has 1 heterocycles. The van der Waals surface area contributed by atoms with Crippen molar-refractivity contribution >= 4 is 16.2 Å². The standard InChI is InChI=1S/C16H21F2NO6S/c1-26(22,23)25-9-8-24-15(12-5-2-6-13(17)14(12)18)11-4-3-7-19(10-11)16(20)21/h2,5-6,11,15H,3-4,7-10H2,1H3,(H,20,21). The third-order valence-electron chi connectivity index (χ3n) is 4.12. The minimum atomic E-state index is -3.65. The summed E-state index contributed by atoms with van der Waals surface area (Å²) in [5.41, 5.74) is -0.0263. The molecule has 1 aromatic carbocycles. The van der Waals surface area contributed by atoms with Gasteiger partial charge in [-0.25, -0.2) is 13.6 Å². The second-order valence-corrected chi connectivity index (χ2v) is 7.74. The van der Waals surface area contributed by atoms with Gasteiger partial charge in [0.05, 0.1) is 25.6 Å². The molecule has 7 nitrogen and oxygen atoms in total. The lowest BCUT2D eigenvalue weighted by molar-refractivity contribution is -0.0247.